The number of aromatic nitrogens is 3. The van der Waals surface area contributed by atoms with E-state index in [1.807, 2.05) is 11.0 Å². The van der Waals surface area contributed by atoms with E-state index in [9.17, 15) is 13.6 Å². The minimum Gasteiger partial charge on any atom is -0.349 e. The molecule has 0 unspecified atom stereocenters. The highest BCUT2D eigenvalue weighted by Gasteiger charge is 2.30. The Bertz CT molecular complexity index is 1470. The maximum absolute atomic E-state index is 14.5. The molecule has 2 aromatic carbocycles. The van der Waals surface area contributed by atoms with E-state index in [-0.39, 0.29) is 17.4 Å². The zero-order valence-corrected chi connectivity index (χ0v) is 18.4. The number of nitrogens with zero attached hydrogens (tertiary/aromatic N) is 5. The van der Waals surface area contributed by atoms with E-state index >= 15 is 0 Å². The minimum absolute atomic E-state index is 0.193. The summed E-state index contributed by atoms with van der Waals surface area (Å²) in [6.07, 6.45) is 2.76. The number of amides is 2. The van der Waals surface area contributed by atoms with Crippen LogP contribution in [0.15, 0.2) is 60.9 Å². The third-order valence-corrected chi connectivity index (χ3v) is 5.81. The van der Waals surface area contributed by atoms with Crippen molar-refractivity contribution in [2.24, 2.45) is 0 Å². The number of halogens is 2. The first-order valence-corrected chi connectivity index (χ1v) is 10.9. The van der Waals surface area contributed by atoms with Crippen LogP contribution in [0.3, 0.4) is 0 Å². The van der Waals surface area contributed by atoms with Crippen LogP contribution in [0.4, 0.5) is 30.9 Å². The van der Waals surface area contributed by atoms with Crippen LogP contribution in [-0.4, -0.2) is 27.5 Å². The molecule has 0 spiro atoms. The summed E-state index contributed by atoms with van der Waals surface area (Å²) in [5, 5.41) is 14.4. The lowest BCUT2D eigenvalue weighted by Gasteiger charge is -2.26. The van der Waals surface area contributed by atoms with Crippen LogP contribution < -0.4 is 15.5 Å². The minimum atomic E-state index is -0.562. The number of carbonyl (C=O) groups excluding carboxylic acids is 1. The van der Waals surface area contributed by atoms with Crippen molar-refractivity contribution >= 4 is 34.4 Å². The number of fused-ring (bicyclic) bond motifs is 1. The summed E-state index contributed by atoms with van der Waals surface area (Å²) in [6.45, 7) is 0.616. The van der Waals surface area contributed by atoms with Gasteiger partial charge in [0.2, 0.25) is 0 Å². The molecule has 1 saturated heterocycles. The number of nitriles is 1. The fraction of sp³-hybridized carbons (Fsp3) is 0.160. The molecule has 1 atom stereocenters. The number of benzene rings is 2. The molecule has 35 heavy (non-hydrogen) atoms. The number of anilines is 3. The lowest BCUT2D eigenvalue weighted by molar-refractivity contribution is 0.262. The number of carbonyl (C=O) groups is 1. The molecule has 0 bridgehead atoms. The Morgan fingerprint density at radius 3 is 2.83 bits per heavy atom. The van der Waals surface area contributed by atoms with Crippen molar-refractivity contribution < 1.29 is 13.6 Å². The summed E-state index contributed by atoms with van der Waals surface area (Å²) >= 11 is 0. The molecule has 0 saturated carbocycles. The van der Waals surface area contributed by atoms with Crippen molar-refractivity contribution in [2.45, 2.75) is 18.9 Å². The van der Waals surface area contributed by atoms with E-state index in [1.54, 1.807) is 36.4 Å². The van der Waals surface area contributed by atoms with Gasteiger partial charge in [0.25, 0.3) is 0 Å². The Labute approximate surface area is 199 Å². The van der Waals surface area contributed by atoms with Gasteiger partial charge in [0, 0.05) is 17.8 Å². The molecule has 4 aromatic rings. The zero-order valence-electron chi connectivity index (χ0n) is 18.4. The third-order valence-electron chi connectivity index (χ3n) is 5.81. The summed E-state index contributed by atoms with van der Waals surface area (Å²) in [6, 6.07) is 14.6. The van der Waals surface area contributed by atoms with Gasteiger partial charge in [0.1, 0.15) is 29.3 Å². The lowest BCUT2D eigenvalue weighted by atomic mass is 10.0. The molecule has 1 fully saturated rings. The van der Waals surface area contributed by atoms with E-state index in [0.717, 1.165) is 18.6 Å². The van der Waals surface area contributed by atoms with Crippen LogP contribution in [0, 0.1) is 23.0 Å². The number of pyridine rings is 1. The summed E-state index contributed by atoms with van der Waals surface area (Å²) in [7, 11) is 0. The van der Waals surface area contributed by atoms with Gasteiger partial charge in [-0.2, -0.15) is 5.26 Å². The summed E-state index contributed by atoms with van der Waals surface area (Å²) in [5.74, 6) is -0.222. The van der Waals surface area contributed by atoms with E-state index in [1.165, 1.54) is 12.4 Å². The SMILES string of the molecule is N#Cc1cccc(NC(=O)Nc2ncnc3ccc(N4CCC[C@@H]4c4cc(F)ccc4F)nc23)c1. The highest BCUT2D eigenvalue weighted by molar-refractivity contribution is 6.03. The van der Waals surface area contributed by atoms with Gasteiger partial charge in [0.05, 0.1) is 23.2 Å². The van der Waals surface area contributed by atoms with Gasteiger partial charge in [-0.3, -0.25) is 5.32 Å². The first-order valence-electron chi connectivity index (χ1n) is 10.9. The second-order valence-corrected chi connectivity index (χ2v) is 8.05. The van der Waals surface area contributed by atoms with Crippen molar-refractivity contribution in [2.75, 3.05) is 22.1 Å². The van der Waals surface area contributed by atoms with Crippen LogP contribution in [0.1, 0.15) is 30.0 Å². The molecule has 1 aliphatic rings. The zero-order chi connectivity index (χ0) is 24.4. The Morgan fingerprint density at radius 2 is 1.97 bits per heavy atom. The van der Waals surface area contributed by atoms with E-state index in [4.69, 9.17) is 5.26 Å². The monoisotopic (exact) mass is 471 g/mol. The van der Waals surface area contributed by atoms with Crippen molar-refractivity contribution in [3.63, 3.8) is 0 Å². The highest BCUT2D eigenvalue weighted by Crippen LogP contribution is 2.37. The molecule has 10 heteroatoms. The van der Waals surface area contributed by atoms with Gasteiger partial charge < -0.3 is 10.2 Å². The fourth-order valence-corrected chi connectivity index (χ4v) is 4.25. The number of hydrogen-bond donors (Lipinski definition) is 2. The Morgan fingerprint density at radius 1 is 1.09 bits per heavy atom. The van der Waals surface area contributed by atoms with Gasteiger partial charge >= 0.3 is 6.03 Å². The number of urea groups is 1. The first kappa shape index (κ1) is 22.2. The predicted octanol–water partition coefficient (Wildman–Crippen LogP) is 5.16. The maximum atomic E-state index is 14.5. The van der Waals surface area contributed by atoms with Gasteiger partial charge in [-0.25, -0.2) is 28.5 Å². The molecule has 174 valence electrons. The highest BCUT2D eigenvalue weighted by atomic mass is 19.1. The Hall–Kier alpha value is -4.65. The number of rotatable bonds is 4. The average molecular weight is 471 g/mol. The van der Waals surface area contributed by atoms with E-state index < -0.39 is 17.7 Å². The third kappa shape index (κ3) is 4.56. The van der Waals surface area contributed by atoms with Crippen molar-refractivity contribution in [3.05, 3.63) is 83.7 Å². The van der Waals surface area contributed by atoms with E-state index in [2.05, 4.69) is 25.6 Å². The van der Waals surface area contributed by atoms with Crippen molar-refractivity contribution in [1.29, 1.82) is 5.26 Å². The van der Waals surface area contributed by atoms with Gasteiger partial charge in [-0.15, -0.1) is 0 Å². The first-order chi connectivity index (χ1) is 17.0. The van der Waals surface area contributed by atoms with Gasteiger partial charge in [-0.05, 0) is 61.4 Å². The smallest absolute Gasteiger partial charge is 0.324 e. The Balaban J connectivity index is 1.43. The molecule has 3 heterocycles. The van der Waals surface area contributed by atoms with Crippen LogP contribution in [-0.2, 0) is 0 Å². The molecule has 0 radical (unpaired) electrons. The quantitative estimate of drug-likeness (QED) is 0.426. The molecular formula is C25H19F2N7O. The second-order valence-electron chi connectivity index (χ2n) is 8.05. The van der Waals surface area contributed by atoms with Crippen LogP contribution >= 0.6 is 0 Å². The topological polar surface area (TPSA) is 107 Å². The van der Waals surface area contributed by atoms with Crippen LogP contribution in [0.25, 0.3) is 11.0 Å². The molecule has 8 nitrogen and oxygen atoms in total. The normalized spacial score (nSPS) is 15.1. The largest absolute Gasteiger partial charge is 0.349 e. The average Bonchev–Trinajstić information content (AvgIpc) is 3.35. The van der Waals surface area contributed by atoms with Crippen molar-refractivity contribution in [1.82, 2.24) is 15.0 Å². The summed E-state index contributed by atoms with van der Waals surface area (Å²) < 4.78 is 28.3. The van der Waals surface area contributed by atoms with Crippen LogP contribution in [0.2, 0.25) is 0 Å². The molecule has 1 aliphatic heterocycles. The van der Waals surface area contributed by atoms with Gasteiger partial charge in [-0.1, -0.05) is 6.07 Å². The molecular weight excluding hydrogens is 452 g/mol. The van der Waals surface area contributed by atoms with Gasteiger partial charge in [0.15, 0.2) is 5.82 Å². The molecule has 2 amide bonds. The number of hydrogen-bond acceptors (Lipinski definition) is 6. The number of nitrogens with one attached hydrogen (secondary N) is 2. The molecule has 2 aromatic heterocycles. The summed E-state index contributed by atoms with van der Waals surface area (Å²) in [4.78, 5) is 27.6. The molecule has 0 aliphatic carbocycles. The lowest BCUT2D eigenvalue weighted by Crippen LogP contribution is -2.25. The molecule has 5 rings (SSSR count). The van der Waals surface area contributed by atoms with Crippen LogP contribution in [0.5, 0.6) is 0 Å². The Kier molecular flexibility index (Phi) is 5.89. The summed E-state index contributed by atoms with van der Waals surface area (Å²) in [5.41, 5.74) is 2.02. The predicted molar refractivity (Wildman–Crippen MR) is 127 cm³/mol. The maximum Gasteiger partial charge on any atom is 0.324 e. The van der Waals surface area contributed by atoms with E-state index in [0.29, 0.717) is 41.1 Å². The van der Waals surface area contributed by atoms with Crippen molar-refractivity contribution in [3.8, 4) is 6.07 Å². The standard InChI is InChI=1S/C25H19F2N7O/c26-16-6-7-19(27)18(12-16)21-5-2-10-34(21)22-9-8-20-23(32-22)24(30-14-29-20)33-25(35)31-17-4-1-3-15(11-17)13-28/h1,3-4,6-9,11-12,14,21H,2,5,10H2,(H2,29,30,31,33,35)/t21-/m1/s1. The second kappa shape index (κ2) is 9.30. The fourth-order valence-electron chi connectivity index (χ4n) is 4.25. The molecule has 2 N–H and O–H groups in total.